The maximum atomic E-state index is 13.2. The van der Waals surface area contributed by atoms with E-state index in [1.54, 1.807) is 0 Å². The van der Waals surface area contributed by atoms with Gasteiger partial charge in [0.2, 0.25) is 0 Å². The zero-order valence-electron chi connectivity index (χ0n) is 71.2. The first-order valence-electron chi connectivity index (χ1n) is 46.0. The third-order valence-corrected chi connectivity index (χ3v) is 23.2. The number of phosphoric ester groups is 2. The van der Waals surface area contributed by atoms with Crippen LogP contribution in [0.5, 0.6) is 0 Å². The molecule has 0 amide bonds. The third kappa shape index (κ3) is 80.7. The molecular formula is C89H174O17P2. The average molecular weight is 1580 g/mol. The Bertz CT molecular complexity index is 2070. The van der Waals surface area contributed by atoms with E-state index in [4.69, 9.17) is 37.0 Å². The molecule has 0 aliphatic rings. The fourth-order valence-electron chi connectivity index (χ4n) is 13.9. The Morgan fingerprint density at radius 2 is 0.472 bits per heavy atom. The van der Waals surface area contributed by atoms with Gasteiger partial charge >= 0.3 is 39.5 Å². The first-order valence-corrected chi connectivity index (χ1v) is 49.0. The second-order valence-electron chi connectivity index (χ2n) is 32.7. The zero-order chi connectivity index (χ0) is 79.2. The van der Waals surface area contributed by atoms with Crippen LogP contribution in [0.4, 0.5) is 0 Å². The standard InChI is InChI=1S/C89H174O17P2/c1-7-10-12-14-16-18-20-21-22-25-33-38-43-49-55-61-67-73-88(93)105-84(77-99-86(91)71-65-59-53-47-19-17-15-13-11-8-2)79-103-107(95,96)101-75-83(90)76-102-108(97,98)104-80-85(78-100-87(92)72-66-60-54-48-42-37-32-29-28-30-35-40-45-51-57-63-69-81(4)5)106-89(94)74-68-62-56-50-44-39-34-27-24-23-26-31-36-41-46-52-58-64-70-82(6)9-3/h81-85,90H,7-80H2,1-6H3,(H,95,96)(H,97,98)/t82?,83-,84+,85+/m0/s1. The lowest BCUT2D eigenvalue weighted by Crippen LogP contribution is -2.30. The van der Waals surface area contributed by atoms with Crippen LogP contribution in [-0.4, -0.2) is 96.7 Å². The van der Waals surface area contributed by atoms with Gasteiger partial charge in [-0.3, -0.25) is 37.3 Å². The van der Waals surface area contributed by atoms with E-state index in [1.807, 2.05) is 0 Å². The normalized spacial score (nSPS) is 14.0. The van der Waals surface area contributed by atoms with Crippen molar-refractivity contribution >= 4 is 39.5 Å². The van der Waals surface area contributed by atoms with Crippen LogP contribution in [0.3, 0.4) is 0 Å². The molecule has 6 atom stereocenters. The SMILES string of the molecule is CCCCCCCCCCCCCCCCCCCC(=O)O[C@H](COC(=O)CCCCCCCCCCCC)COP(=O)(O)OC[C@H](O)COP(=O)(O)OC[C@@H](COC(=O)CCCCCCCCCCCCCCCCCCC(C)C)OC(=O)CCCCCCCCCCCCCCCCCCCCC(C)CC. The molecule has 0 aliphatic heterocycles. The van der Waals surface area contributed by atoms with Crippen molar-refractivity contribution in [3.8, 4) is 0 Å². The molecule has 0 aromatic heterocycles. The summed E-state index contributed by atoms with van der Waals surface area (Å²) in [6, 6.07) is 0. The highest BCUT2D eigenvalue weighted by Gasteiger charge is 2.31. The summed E-state index contributed by atoms with van der Waals surface area (Å²) < 4.78 is 69.0. The van der Waals surface area contributed by atoms with Gasteiger partial charge in [-0.25, -0.2) is 9.13 Å². The molecule has 0 saturated carbocycles. The number of hydrogen-bond acceptors (Lipinski definition) is 15. The van der Waals surface area contributed by atoms with E-state index in [9.17, 15) is 43.2 Å². The quantitative estimate of drug-likeness (QED) is 0.0222. The molecule has 3 unspecified atom stereocenters. The van der Waals surface area contributed by atoms with Crippen molar-refractivity contribution in [2.75, 3.05) is 39.6 Å². The largest absolute Gasteiger partial charge is 0.472 e. The summed E-state index contributed by atoms with van der Waals surface area (Å²) in [5.74, 6) is -0.414. The number of rotatable bonds is 88. The number of phosphoric acid groups is 2. The van der Waals surface area contributed by atoms with E-state index >= 15 is 0 Å². The van der Waals surface area contributed by atoms with E-state index in [1.165, 1.54) is 295 Å². The summed E-state index contributed by atoms with van der Waals surface area (Å²) in [5.41, 5.74) is 0. The highest BCUT2D eigenvalue weighted by molar-refractivity contribution is 7.47. The van der Waals surface area contributed by atoms with Crippen LogP contribution in [0.15, 0.2) is 0 Å². The molecule has 0 saturated heterocycles. The first kappa shape index (κ1) is 106. The molecule has 642 valence electrons. The minimum Gasteiger partial charge on any atom is -0.462 e. The van der Waals surface area contributed by atoms with Crippen molar-refractivity contribution < 1.29 is 80.2 Å². The maximum absolute atomic E-state index is 13.2. The Morgan fingerprint density at radius 1 is 0.269 bits per heavy atom. The lowest BCUT2D eigenvalue weighted by atomic mass is 9.99. The van der Waals surface area contributed by atoms with Crippen molar-refractivity contribution in [2.24, 2.45) is 11.8 Å². The smallest absolute Gasteiger partial charge is 0.462 e. The van der Waals surface area contributed by atoms with E-state index in [2.05, 4.69) is 41.5 Å². The van der Waals surface area contributed by atoms with E-state index in [-0.39, 0.29) is 25.7 Å². The van der Waals surface area contributed by atoms with Crippen LogP contribution < -0.4 is 0 Å². The maximum Gasteiger partial charge on any atom is 0.472 e. The molecule has 0 fully saturated rings. The number of ether oxygens (including phenoxy) is 4. The fourth-order valence-corrected chi connectivity index (χ4v) is 15.5. The van der Waals surface area contributed by atoms with Gasteiger partial charge in [-0.1, -0.05) is 427 Å². The van der Waals surface area contributed by atoms with Crippen LogP contribution >= 0.6 is 15.6 Å². The summed E-state index contributed by atoms with van der Waals surface area (Å²) in [7, 11) is -9.93. The van der Waals surface area contributed by atoms with E-state index < -0.39 is 97.5 Å². The highest BCUT2D eigenvalue weighted by Crippen LogP contribution is 2.45. The second kappa shape index (κ2) is 80.3. The summed E-state index contributed by atoms with van der Waals surface area (Å²) >= 11 is 0. The van der Waals surface area contributed by atoms with Crippen molar-refractivity contribution in [3.63, 3.8) is 0 Å². The molecule has 0 rings (SSSR count). The molecule has 0 bridgehead atoms. The Morgan fingerprint density at radius 3 is 0.704 bits per heavy atom. The minimum atomic E-state index is -4.97. The Labute approximate surface area is 664 Å². The summed E-state index contributed by atoms with van der Waals surface area (Å²) in [4.78, 5) is 73.3. The topological polar surface area (TPSA) is 237 Å². The summed E-state index contributed by atoms with van der Waals surface area (Å²) in [6.07, 6.45) is 73.5. The van der Waals surface area contributed by atoms with Gasteiger partial charge in [0.05, 0.1) is 26.4 Å². The number of aliphatic hydroxyl groups is 1. The van der Waals surface area contributed by atoms with Gasteiger partial charge in [0.1, 0.15) is 19.3 Å². The van der Waals surface area contributed by atoms with Gasteiger partial charge in [0.15, 0.2) is 12.2 Å². The Kier molecular flexibility index (Phi) is 78.8. The molecule has 19 heteroatoms. The third-order valence-electron chi connectivity index (χ3n) is 21.3. The Hall–Kier alpha value is -1.94. The lowest BCUT2D eigenvalue weighted by molar-refractivity contribution is -0.161. The van der Waals surface area contributed by atoms with Gasteiger partial charge in [0.25, 0.3) is 0 Å². The Balaban J connectivity index is 5.22. The van der Waals surface area contributed by atoms with Gasteiger partial charge < -0.3 is 33.8 Å². The van der Waals surface area contributed by atoms with Crippen molar-refractivity contribution in [3.05, 3.63) is 0 Å². The summed E-state index contributed by atoms with van der Waals surface area (Å²) in [5, 5.41) is 10.7. The molecule has 0 spiro atoms. The monoisotopic (exact) mass is 1580 g/mol. The molecule has 108 heavy (non-hydrogen) atoms. The molecule has 0 aromatic rings. The average Bonchev–Trinajstić information content (AvgIpc) is 0.899. The molecule has 0 heterocycles. The number of hydrogen-bond donors (Lipinski definition) is 3. The molecule has 0 aliphatic carbocycles. The van der Waals surface area contributed by atoms with E-state index in [0.717, 1.165) is 102 Å². The molecule has 3 N–H and O–H groups in total. The van der Waals surface area contributed by atoms with Crippen LogP contribution in [-0.2, 0) is 65.4 Å². The minimum absolute atomic E-state index is 0.109. The van der Waals surface area contributed by atoms with Gasteiger partial charge in [-0.2, -0.15) is 0 Å². The second-order valence-corrected chi connectivity index (χ2v) is 35.6. The van der Waals surface area contributed by atoms with Gasteiger partial charge in [0, 0.05) is 25.7 Å². The number of esters is 4. The number of carbonyl (C=O) groups excluding carboxylic acids is 4. The van der Waals surface area contributed by atoms with Gasteiger partial charge in [-0.15, -0.1) is 0 Å². The van der Waals surface area contributed by atoms with Crippen molar-refractivity contribution in [2.45, 2.75) is 496 Å². The molecule has 17 nitrogen and oxygen atoms in total. The lowest BCUT2D eigenvalue weighted by Gasteiger charge is -2.21. The number of unbranched alkanes of at least 4 members (excludes halogenated alkanes) is 57. The molecule has 0 aromatic carbocycles. The predicted octanol–water partition coefficient (Wildman–Crippen LogP) is 27.4. The van der Waals surface area contributed by atoms with Crippen LogP contribution in [0.1, 0.15) is 478 Å². The van der Waals surface area contributed by atoms with Crippen molar-refractivity contribution in [1.82, 2.24) is 0 Å². The number of aliphatic hydroxyl groups excluding tert-OH is 1. The van der Waals surface area contributed by atoms with Crippen LogP contribution in [0, 0.1) is 11.8 Å². The fraction of sp³-hybridized carbons (Fsp3) is 0.955. The number of carbonyl (C=O) groups is 4. The zero-order valence-corrected chi connectivity index (χ0v) is 73.0. The highest BCUT2D eigenvalue weighted by atomic mass is 31.2. The van der Waals surface area contributed by atoms with Crippen LogP contribution in [0.25, 0.3) is 0 Å². The molecular weight excluding hydrogens is 1400 g/mol. The van der Waals surface area contributed by atoms with Crippen molar-refractivity contribution in [1.29, 1.82) is 0 Å². The summed E-state index contributed by atoms with van der Waals surface area (Å²) in [6.45, 7) is 9.78. The predicted molar refractivity (Wildman–Crippen MR) is 446 cm³/mol. The van der Waals surface area contributed by atoms with Gasteiger partial charge in [-0.05, 0) is 37.5 Å². The van der Waals surface area contributed by atoms with Crippen LogP contribution in [0.2, 0.25) is 0 Å². The molecule has 0 radical (unpaired) electrons. The van der Waals surface area contributed by atoms with E-state index in [0.29, 0.717) is 25.7 Å². The first-order chi connectivity index (χ1) is 52.4.